The summed E-state index contributed by atoms with van der Waals surface area (Å²) >= 11 is 0. The number of piperidine rings is 1. The lowest BCUT2D eigenvalue weighted by molar-refractivity contribution is -0.143. The molecule has 4 rings (SSSR count). The van der Waals surface area contributed by atoms with Gasteiger partial charge in [-0.2, -0.15) is 0 Å². The van der Waals surface area contributed by atoms with Crippen LogP contribution in [0.1, 0.15) is 35.6 Å². The highest BCUT2D eigenvalue weighted by atomic mass is 16.5. The summed E-state index contributed by atoms with van der Waals surface area (Å²) in [5, 5.41) is 9.58. The summed E-state index contributed by atoms with van der Waals surface area (Å²) in [6.07, 6.45) is 1.63. The van der Waals surface area contributed by atoms with Crippen molar-refractivity contribution in [2.75, 3.05) is 13.1 Å². The van der Waals surface area contributed by atoms with E-state index in [9.17, 15) is 9.90 Å². The molecule has 0 saturated carbocycles. The fourth-order valence-electron chi connectivity index (χ4n) is 4.18. The van der Waals surface area contributed by atoms with Gasteiger partial charge in [0.25, 0.3) is 0 Å². The minimum absolute atomic E-state index is 0.00734. The number of aliphatic carboxylic acids is 1. The maximum atomic E-state index is 11.7. The quantitative estimate of drug-likeness (QED) is 0.578. The molecule has 4 nitrogen and oxygen atoms in total. The number of nitrogens with zero attached hydrogens (tertiary/aromatic N) is 1. The molecule has 1 fully saturated rings. The molecule has 1 aliphatic rings. The van der Waals surface area contributed by atoms with Gasteiger partial charge in [-0.1, -0.05) is 60.2 Å². The Kier molecular flexibility index (Phi) is 6.15. The maximum Gasteiger partial charge on any atom is 0.307 e. The van der Waals surface area contributed by atoms with Crippen molar-refractivity contribution in [2.24, 2.45) is 5.92 Å². The third kappa shape index (κ3) is 4.71. The Morgan fingerprint density at radius 1 is 0.967 bits per heavy atom. The van der Waals surface area contributed by atoms with Crippen LogP contribution in [0.2, 0.25) is 0 Å². The van der Waals surface area contributed by atoms with Gasteiger partial charge < -0.3 is 9.84 Å². The number of para-hydroxylation sites is 1. The molecule has 3 aromatic carbocycles. The lowest BCUT2D eigenvalue weighted by Crippen LogP contribution is -2.41. The smallest absolute Gasteiger partial charge is 0.307 e. The predicted molar refractivity (Wildman–Crippen MR) is 118 cm³/mol. The van der Waals surface area contributed by atoms with Crippen molar-refractivity contribution >= 4 is 5.97 Å². The van der Waals surface area contributed by atoms with Gasteiger partial charge in [-0.15, -0.1) is 0 Å². The summed E-state index contributed by atoms with van der Waals surface area (Å²) in [5.41, 5.74) is 3.49. The molecule has 1 N–H and O–H groups in total. The number of aryl methyl sites for hydroxylation is 1. The van der Waals surface area contributed by atoms with Crippen LogP contribution in [0.5, 0.6) is 11.5 Å². The number of likely N-dealkylation sites (tertiary alicyclic amines) is 1. The molecule has 154 valence electrons. The third-order valence-electron chi connectivity index (χ3n) is 5.71. The van der Waals surface area contributed by atoms with E-state index in [0.717, 1.165) is 36.4 Å². The Morgan fingerprint density at radius 3 is 2.43 bits per heavy atom. The standard InChI is InChI=1S/C26H27NO3/c1-19-12-14-20(15-13-19)25(27-16-6-8-22(18-27)26(28)29)21-7-5-11-24(17-21)30-23-9-3-2-4-10-23/h2-5,7,9-15,17,22,25H,6,8,16,18H2,1H3,(H,28,29). The topological polar surface area (TPSA) is 49.8 Å². The first-order valence-corrected chi connectivity index (χ1v) is 10.5. The number of carboxylic acids is 1. The van der Waals surface area contributed by atoms with Crippen molar-refractivity contribution in [3.05, 3.63) is 95.6 Å². The Labute approximate surface area is 177 Å². The molecule has 30 heavy (non-hydrogen) atoms. The number of benzene rings is 3. The molecule has 0 aromatic heterocycles. The van der Waals surface area contributed by atoms with Gasteiger partial charge in [-0.25, -0.2) is 0 Å². The first kappa shape index (κ1) is 20.2. The van der Waals surface area contributed by atoms with E-state index in [-0.39, 0.29) is 12.0 Å². The minimum Gasteiger partial charge on any atom is -0.481 e. The van der Waals surface area contributed by atoms with Crippen molar-refractivity contribution in [1.29, 1.82) is 0 Å². The van der Waals surface area contributed by atoms with Crippen LogP contribution in [0.25, 0.3) is 0 Å². The molecule has 2 unspecified atom stereocenters. The summed E-state index contributed by atoms with van der Waals surface area (Å²) in [4.78, 5) is 14.0. The van der Waals surface area contributed by atoms with Crippen LogP contribution in [0.4, 0.5) is 0 Å². The maximum absolute atomic E-state index is 11.7. The number of hydrogen-bond donors (Lipinski definition) is 1. The van der Waals surface area contributed by atoms with E-state index in [2.05, 4.69) is 48.2 Å². The predicted octanol–water partition coefficient (Wildman–Crippen LogP) is 5.67. The Balaban J connectivity index is 1.68. The normalized spacial score (nSPS) is 18.0. The van der Waals surface area contributed by atoms with Crippen molar-refractivity contribution in [2.45, 2.75) is 25.8 Å². The zero-order valence-corrected chi connectivity index (χ0v) is 17.2. The zero-order valence-electron chi connectivity index (χ0n) is 17.2. The molecular formula is C26H27NO3. The molecule has 0 aliphatic carbocycles. The molecule has 1 aliphatic heterocycles. The second-order valence-corrected chi connectivity index (χ2v) is 7.97. The van der Waals surface area contributed by atoms with Gasteiger partial charge in [0, 0.05) is 6.54 Å². The van der Waals surface area contributed by atoms with Crippen molar-refractivity contribution in [1.82, 2.24) is 4.90 Å². The lowest BCUT2D eigenvalue weighted by atomic mass is 9.91. The summed E-state index contributed by atoms with van der Waals surface area (Å²) in [6, 6.07) is 26.4. The molecule has 0 amide bonds. The van der Waals surface area contributed by atoms with E-state index in [0.29, 0.717) is 6.54 Å². The summed E-state index contributed by atoms with van der Waals surface area (Å²) < 4.78 is 6.06. The average Bonchev–Trinajstić information content (AvgIpc) is 2.77. The summed E-state index contributed by atoms with van der Waals surface area (Å²) in [6.45, 7) is 3.51. The Bertz CT molecular complexity index is 985. The van der Waals surface area contributed by atoms with Crippen LogP contribution in [-0.4, -0.2) is 29.1 Å². The monoisotopic (exact) mass is 401 g/mol. The highest BCUT2D eigenvalue weighted by Crippen LogP contribution is 2.35. The van der Waals surface area contributed by atoms with Crippen LogP contribution in [0.3, 0.4) is 0 Å². The van der Waals surface area contributed by atoms with E-state index in [1.54, 1.807) is 0 Å². The largest absolute Gasteiger partial charge is 0.481 e. The zero-order chi connectivity index (χ0) is 20.9. The van der Waals surface area contributed by atoms with Gasteiger partial charge in [-0.3, -0.25) is 9.69 Å². The van der Waals surface area contributed by atoms with Crippen molar-refractivity contribution in [3.8, 4) is 11.5 Å². The lowest BCUT2D eigenvalue weighted by Gasteiger charge is -2.37. The molecule has 0 bridgehead atoms. The van der Waals surface area contributed by atoms with Gasteiger partial charge in [0.05, 0.1) is 12.0 Å². The highest BCUT2D eigenvalue weighted by molar-refractivity contribution is 5.70. The minimum atomic E-state index is -0.705. The van der Waals surface area contributed by atoms with Gasteiger partial charge in [0.15, 0.2) is 0 Å². The number of carboxylic acid groups (broad SMARTS) is 1. The van der Waals surface area contributed by atoms with E-state index in [4.69, 9.17) is 4.74 Å². The van der Waals surface area contributed by atoms with Crippen LogP contribution in [-0.2, 0) is 4.79 Å². The fraction of sp³-hybridized carbons (Fsp3) is 0.269. The average molecular weight is 402 g/mol. The van der Waals surface area contributed by atoms with E-state index >= 15 is 0 Å². The first-order chi connectivity index (χ1) is 14.6. The molecule has 0 radical (unpaired) electrons. The summed E-state index contributed by atoms with van der Waals surface area (Å²) in [5.74, 6) is 0.548. The molecular weight excluding hydrogens is 374 g/mol. The second-order valence-electron chi connectivity index (χ2n) is 7.97. The second kappa shape index (κ2) is 9.14. The Morgan fingerprint density at radius 2 is 1.70 bits per heavy atom. The van der Waals surface area contributed by atoms with Gasteiger partial charge in [0.2, 0.25) is 0 Å². The molecule has 0 spiro atoms. The number of hydrogen-bond acceptors (Lipinski definition) is 3. The summed E-state index contributed by atoms with van der Waals surface area (Å²) in [7, 11) is 0. The fourth-order valence-corrected chi connectivity index (χ4v) is 4.18. The van der Waals surface area contributed by atoms with Crippen LogP contribution in [0.15, 0.2) is 78.9 Å². The number of carbonyl (C=O) groups is 1. The first-order valence-electron chi connectivity index (χ1n) is 10.5. The molecule has 4 heteroatoms. The van der Waals surface area contributed by atoms with Gasteiger partial charge >= 0.3 is 5.97 Å². The van der Waals surface area contributed by atoms with Gasteiger partial charge in [-0.05, 0) is 61.7 Å². The number of ether oxygens (including phenoxy) is 1. The molecule has 1 saturated heterocycles. The van der Waals surface area contributed by atoms with Crippen LogP contribution >= 0.6 is 0 Å². The van der Waals surface area contributed by atoms with E-state index in [1.165, 1.54) is 11.1 Å². The van der Waals surface area contributed by atoms with E-state index < -0.39 is 5.97 Å². The van der Waals surface area contributed by atoms with Crippen LogP contribution < -0.4 is 4.74 Å². The molecule has 2 atom stereocenters. The van der Waals surface area contributed by atoms with Gasteiger partial charge in [0.1, 0.15) is 11.5 Å². The van der Waals surface area contributed by atoms with E-state index in [1.807, 2.05) is 42.5 Å². The van der Waals surface area contributed by atoms with Crippen molar-refractivity contribution < 1.29 is 14.6 Å². The number of rotatable bonds is 6. The Hall–Kier alpha value is -3.11. The SMILES string of the molecule is Cc1ccc(C(c2cccc(Oc3ccccc3)c2)N2CCCC(C(=O)O)C2)cc1. The molecule has 3 aromatic rings. The highest BCUT2D eigenvalue weighted by Gasteiger charge is 2.31. The third-order valence-corrected chi connectivity index (χ3v) is 5.71. The molecule has 1 heterocycles. The van der Waals surface area contributed by atoms with Crippen LogP contribution in [0, 0.1) is 12.8 Å². The van der Waals surface area contributed by atoms with Crippen molar-refractivity contribution in [3.63, 3.8) is 0 Å².